The first-order chi connectivity index (χ1) is 14.2. The second kappa shape index (κ2) is 13.3. The number of hydrogen-bond acceptors (Lipinski definition) is 5. The summed E-state index contributed by atoms with van der Waals surface area (Å²) >= 11 is 0. The second-order valence-corrected chi connectivity index (χ2v) is 9.14. The van der Waals surface area contributed by atoms with Crippen molar-refractivity contribution < 1.29 is 19.1 Å². The van der Waals surface area contributed by atoms with Gasteiger partial charge in [0.25, 0.3) is 0 Å². The van der Waals surface area contributed by atoms with Gasteiger partial charge in [-0.25, -0.2) is 4.79 Å². The van der Waals surface area contributed by atoms with Gasteiger partial charge in [0.2, 0.25) is 0 Å². The molecule has 1 atom stereocenters. The second-order valence-electron chi connectivity index (χ2n) is 9.14. The lowest BCUT2D eigenvalue weighted by Gasteiger charge is -2.35. The van der Waals surface area contributed by atoms with Gasteiger partial charge in [-0.15, -0.1) is 24.0 Å². The van der Waals surface area contributed by atoms with Crippen LogP contribution in [0.5, 0.6) is 0 Å². The third kappa shape index (κ3) is 9.41. The Labute approximate surface area is 204 Å². The lowest BCUT2D eigenvalue weighted by atomic mass is 9.97. The van der Waals surface area contributed by atoms with E-state index in [1.165, 1.54) is 0 Å². The van der Waals surface area contributed by atoms with E-state index >= 15 is 0 Å². The Morgan fingerprint density at radius 3 is 2.32 bits per heavy atom. The smallest absolute Gasteiger partial charge is 0.410 e. The molecule has 180 valence electrons. The van der Waals surface area contributed by atoms with Gasteiger partial charge in [0.15, 0.2) is 5.96 Å². The number of hydrogen-bond donors (Lipinski definition) is 1. The molecule has 1 amide bonds. The minimum absolute atomic E-state index is 0. The van der Waals surface area contributed by atoms with Gasteiger partial charge in [0.05, 0.1) is 12.5 Å². The summed E-state index contributed by atoms with van der Waals surface area (Å²) in [6.45, 7) is 14.5. The monoisotopic (exact) mass is 552 g/mol. The molecule has 8 nitrogen and oxygen atoms in total. The molecule has 1 unspecified atom stereocenters. The molecule has 0 bridgehead atoms. The normalized spacial score (nSPS) is 20.7. The number of aliphatic imine (C=N–C) groups is 1. The predicted molar refractivity (Wildman–Crippen MR) is 133 cm³/mol. The zero-order valence-corrected chi connectivity index (χ0v) is 22.1. The largest absolute Gasteiger partial charge is 0.466 e. The van der Waals surface area contributed by atoms with Crippen molar-refractivity contribution in [2.45, 2.75) is 65.9 Å². The number of piperidine rings is 2. The van der Waals surface area contributed by atoms with Crippen LogP contribution >= 0.6 is 24.0 Å². The number of amides is 1. The molecule has 0 spiro atoms. The van der Waals surface area contributed by atoms with Gasteiger partial charge in [0.1, 0.15) is 5.60 Å². The van der Waals surface area contributed by atoms with E-state index in [9.17, 15) is 9.59 Å². The first kappa shape index (κ1) is 27.8. The van der Waals surface area contributed by atoms with E-state index in [1.807, 2.05) is 27.7 Å². The SMILES string of the molecule is CCNC(=NCC1CCN(C(=O)OC(C)(C)C)CC1)N1CCCC(C(=O)OCC)C1.I. The van der Waals surface area contributed by atoms with Crippen molar-refractivity contribution in [2.75, 3.05) is 45.9 Å². The molecule has 2 heterocycles. The van der Waals surface area contributed by atoms with Gasteiger partial charge >= 0.3 is 12.1 Å². The fourth-order valence-electron chi connectivity index (χ4n) is 3.89. The van der Waals surface area contributed by atoms with Gasteiger partial charge in [-0.05, 0) is 66.2 Å². The number of rotatable bonds is 5. The number of carbonyl (C=O) groups excluding carboxylic acids is 2. The first-order valence-electron chi connectivity index (χ1n) is 11.4. The van der Waals surface area contributed by atoms with Crippen LogP contribution in [0.15, 0.2) is 4.99 Å². The zero-order valence-electron chi connectivity index (χ0n) is 19.8. The quantitative estimate of drug-likeness (QED) is 0.244. The van der Waals surface area contributed by atoms with E-state index in [0.29, 0.717) is 32.2 Å². The molecular weight excluding hydrogens is 511 g/mol. The maximum Gasteiger partial charge on any atom is 0.410 e. The number of likely N-dealkylation sites (tertiary alicyclic amines) is 2. The summed E-state index contributed by atoms with van der Waals surface area (Å²) < 4.78 is 10.7. The lowest BCUT2D eigenvalue weighted by molar-refractivity contribution is -0.149. The zero-order chi connectivity index (χ0) is 22.1. The molecule has 0 saturated carbocycles. The van der Waals surface area contributed by atoms with Crippen LogP contribution in [0.3, 0.4) is 0 Å². The highest BCUT2D eigenvalue weighted by molar-refractivity contribution is 14.0. The van der Waals surface area contributed by atoms with Crippen molar-refractivity contribution in [1.29, 1.82) is 0 Å². The van der Waals surface area contributed by atoms with E-state index < -0.39 is 5.60 Å². The fourth-order valence-corrected chi connectivity index (χ4v) is 3.89. The van der Waals surface area contributed by atoms with Crippen LogP contribution in [0.25, 0.3) is 0 Å². The number of nitrogens with one attached hydrogen (secondary N) is 1. The minimum atomic E-state index is -0.463. The molecule has 9 heteroatoms. The molecule has 0 aliphatic carbocycles. The number of ether oxygens (including phenoxy) is 2. The molecule has 2 rings (SSSR count). The van der Waals surface area contributed by atoms with Crippen LogP contribution in [-0.2, 0) is 14.3 Å². The third-order valence-electron chi connectivity index (χ3n) is 5.44. The Bertz CT molecular complexity index is 601. The van der Waals surface area contributed by atoms with E-state index in [1.54, 1.807) is 4.90 Å². The first-order valence-corrected chi connectivity index (χ1v) is 11.4. The summed E-state index contributed by atoms with van der Waals surface area (Å²) in [6.07, 6.45) is 3.46. The Morgan fingerprint density at radius 2 is 1.74 bits per heavy atom. The molecule has 0 aromatic heterocycles. The number of halogens is 1. The van der Waals surface area contributed by atoms with Crippen molar-refractivity contribution in [3.05, 3.63) is 0 Å². The van der Waals surface area contributed by atoms with Gasteiger partial charge in [-0.2, -0.15) is 0 Å². The molecule has 0 aromatic carbocycles. The molecule has 31 heavy (non-hydrogen) atoms. The average Bonchev–Trinajstić information content (AvgIpc) is 2.70. The van der Waals surface area contributed by atoms with E-state index in [2.05, 4.69) is 17.1 Å². The lowest BCUT2D eigenvalue weighted by Crippen LogP contribution is -2.48. The summed E-state index contributed by atoms with van der Waals surface area (Å²) in [6, 6.07) is 0. The van der Waals surface area contributed by atoms with Crippen molar-refractivity contribution in [3.8, 4) is 0 Å². The van der Waals surface area contributed by atoms with Crippen molar-refractivity contribution in [2.24, 2.45) is 16.8 Å². The summed E-state index contributed by atoms with van der Waals surface area (Å²) in [5, 5.41) is 3.38. The molecular formula is C22H41IN4O4. The van der Waals surface area contributed by atoms with Crippen molar-refractivity contribution in [1.82, 2.24) is 15.1 Å². The summed E-state index contributed by atoms with van der Waals surface area (Å²) in [5.41, 5.74) is -0.463. The standard InChI is InChI=1S/C22H40N4O4.HI/c1-6-23-20(26-12-8-9-18(16-26)19(27)29-7-2)24-15-17-10-13-25(14-11-17)21(28)30-22(3,4)5;/h17-18H,6-16H2,1-5H3,(H,23,24);1H. The fraction of sp³-hybridized carbons (Fsp3) is 0.864. The average molecular weight is 552 g/mol. The van der Waals surface area contributed by atoms with Crippen LogP contribution in [0.1, 0.15) is 60.3 Å². The van der Waals surface area contributed by atoms with Crippen LogP contribution in [-0.4, -0.2) is 79.3 Å². The van der Waals surface area contributed by atoms with Gasteiger partial charge in [-0.1, -0.05) is 0 Å². The Hall–Kier alpha value is -1.26. The third-order valence-corrected chi connectivity index (χ3v) is 5.44. The Morgan fingerprint density at radius 1 is 1.06 bits per heavy atom. The summed E-state index contributed by atoms with van der Waals surface area (Å²) in [4.78, 5) is 33.2. The van der Waals surface area contributed by atoms with E-state index in [0.717, 1.165) is 51.3 Å². The summed E-state index contributed by atoms with van der Waals surface area (Å²) in [7, 11) is 0. The number of esters is 1. The molecule has 0 radical (unpaired) electrons. The van der Waals surface area contributed by atoms with E-state index in [-0.39, 0.29) is 42.0 Å². The van der Waals surface area contributed by atoms with Gasteiger partial charge in [-0.3, -0.25) is 9.79 Å². The van der Waals surface area contributed by atoms with Crippen molar-refractivity contribution in [3.63, 3.8) is 0 Å². The van der Waals surface area contributed by atoms with Crippen LogP contribution < -0.4 is 5.32 Å². The highest BCUT2D eigenvalue weighted by Gasteiger charge is 2.29. The van der Waals surface area contributed by atoms with Crippen LogP contribution in [0.2, 0.25) is 0 Å². The van der Waals surface area contributed by atoms with Crippen LogP contribution in [0.4, 0.5) is 4.79 Å². The molecule has 2 fully saturated rings. The number of carbonyl (C=O) groups is 2. The summed E-state index contributed by atoms with van der Waals surface area (Å²) in [5.74, 6) is 1.14. The predicted octanol–water partition coefficient (Wildman–Crippen LogP) is 3.49. The topological polar surface area (TPSA) is 83.5 Å². The molecule has 1 N–H and O–H groups in total. The van der Waals surface area contributed by atoms with E-state index in [4.69, 9.17) is 14.5 Å². The van der Waals surface area contributed by atoms with Gasteiger partial charge < -0.3 is 24.6 Å². The maximum atomic E-state index is 12.2. The minimum Gasteiger partial charge on any atom is -0.466 e. The Kier molecular flexibility index (Phi) is 11.9. The van der Waals surface area contributed by atoms with Crippen molar-refractivity contribution >= 4 is 42.0 Å². The van der Waals surface area contributed by atoms with Crippen LogP contribution in [0, 0.1) is 11.8 Å². The molecule has 2 aliphatic heterocycles. The molecule has 2 aliphatic rings. The highest BCUT2D eigenvalue weighted by atomic mass is 127. The Balaban J connectivity index is 0.00000480. The highest BCUT2D eigenvalue weighted by Crippen LogP contribution is 2.21. The molecule has 2 saturated heterocycles. The maximum absolute atomic E-state index is 12.2. The number of guanidine groups is 1. The number of nitrogens with zero attached hydrogens (tertiary/aromatic N) is 3. The molecule has 0 aromatic rings. The van der Waals surface area contributed by atoms with Gasteiger partial charge in [0, 0.05) is 39.3 Å².